The van der Waals surface area contributed by atoms with Crippen molar-refractivity contribution in [3.05, 3.63) is 78.6 Å². The third kappa shape index (κ3) is 3.90. The van der Waals surface area contributed by atoms with Crippen LogP contribution in [-0.4, -0.2) is 27.7 Å². The number of hydrogen-bond donors (Lipinski definition) is 0. The lowest BCUT2D eigenvalue weighted by molar-refractivity contribution is 0.162. The largest absolute Gasteiger partial charge is 0.532 e. The predicted octanol–water partition coefficient (Wildman–Crippen LogP) is 3.08. The molecule has 0 spiro atoms. The summed E-state index contributed by atoms with van der Waals surface area (Å²) >= 11 is 0. The molecular formula is C19H17N4O2-. The number of hydrogen-bond acceptors (Lipinski definition) is 5. The molecule has 0 atom stereocenters. The Bertz CT molecular complexity index is 887. The second-order valence-electron chi connectivity index (χ2n) is 5.33. The molecule has 1 aliphatic carbocycles. The Morgan fingerprint density at radius 3 is 2.88 bits per heavy atom. The Kier molecular flexibility index (Phi) is 4.86. The van der Waals surface area contributed by atoms with Crippen LogP contribution < -0.4 is 4.74 Å². The molecule has 1 aliphatic rings. The van der Waals surface area contributed by atoms with E-state index in [1.165, 1.54) is 0 Å². The number of nitrogens with zero attached hydrogens (tertiary/aromatic N) is 4. The van der Waals surface area contributed by atoms with Gasteiger partial charge >= 0.3 is 0 Å². The Balaban J connectivity index is 1.55. The second kappa shape index (κ2) is 7.41. The van der Waals surface area contributed by atoms with Crippen molar-refractivity contribution in [2.75, 3.05) is 13.2 Å². The minimum atomic E-state index is 0.326. The van der Waals surface area contributed by atoms with Crippen LogP contribution in [0.5, 0.6) is 5.75 Å². The monoisotopic (exact) mass is 333 g/mol. The molecule has 0 unspecified atom stereocenters. The Hall–Kier alpha value is -3.46. The van der Waals surface area contributed by atoms with Gasteiger partial charge in [0.05, 0.1) is 11.8 Å². The van der Waals surface area contributed by atoms with Crippen molar-refractivity contribution in [1.29, 1.82) is 5.26 Å². The summed E-state index contributed by atoms with van der Waals surface area (Å²) in [5.74, 6) is 2.82. The van der Waals surface area contributed by atoms with Crippen LogP contribution in [0.2, 0.25) is 0 Å². The first-order chi connectivity index (χ1) is 12.2. The fourth-order valence-corrected chi connectivity index (χ4v) is 2.34. The van der Waals surface area contributed by atoms with E-state index in [2.05, 4.69) is 22.6 Å². The van der Waals surface area contributed by atoms with Crippen LogP contribution in [0, 0.1) is 24.7 Å². The van der Waals surface area contributed by atoms with Gasteiger partial charge in [0.25, 0.3) is 0 Å². The third-order valence-corrected chi connectivity index (χ3v) is 3.56. The molecule has 0 radical (unpaired) electrons. The maximum Gasteiger partial charge on any atom is 0.141 e. The molecule has 0 saturated heterocycles. The zero-order chi connectivity index (χ0) is 17.6. The summed E-state index contributed by atoms with van der Waals surface area (Å²) in [5.41, 5.74) is 1.24. The van der Waals surface area contributed by atoms with Gasteiger partial charge in [0.2, 0.25) is 0 Å². The summed E-state index contributed by atoms with van der Waals surface area (Å²) in [7, 11) is 0. The van der Waals surface area contributed by atoms with Crippen LogP contribution in [0.3, 0.4) is 0 Å². The third-order valence-electron chi connectivity index (χ3n) is 3.56. The molecule has 0 amide bonds. The second-order valence-corrected chi connectivity index (χ2v) is 5.33. The molecule has 2 aromatic heterocycles. The molecule has 0 fully saturated rings. The Labute approximate surface area is 146 Å². The first-order valence-electron chi connectivity index (χ1n) is 7.75. The van der Waals surface area contributed by atoms with E-state index in [0.717, 1.165) is 17.2 Å². The van der Waals surface area contributed by atoms with Gasteiger partial charge in [-0.25, -0.2) is 9.97 Å². The molecule has 126 valence electrons. The minimum absolute atomic E-state index is 0.326. The first kappa shape index (κ1) is 16.4. The normalized spacial score (nSPS) is 13.4. The minimum Gasteiger partial charge on any atom is -0.532 e. The number of allylic oxidation sites excluding steroid dienone is 4. The SMILES string of the molecule is C=C1C=C(C#N)C(OCCOc2ccnc(-n3ccnc3C)c2)=C[CH-]1. The van der Waals surface area contributed by atoms with Crippen LogP contribution in [-0.2, 0) is 4.74 Å². The Morgan fingerprint density at radius 2 is 2.12 bits per heavy atom. The Morgan fingerprint density at radius 1 is 1.28 bits per heavy atom. The van der Waals surface area contributed by atoms with Crippen LogP contribution in [0.15, 0.2) is 66.4 Å². The number of rotatable bonds is 6. The van der Waals surface area contributed by atoms with E-state index >= 15 is 0 Å². The molecule has 3 rings (SSSR count). The summed E-state index contributed by atoms with van der Waals surface area (Å²) in [6, 6.07) is 5.73. The van der Waals surface area contributed by atoms with Gasteiger partial charge in [-0.15, -0.1) is 18.6 Å². The highest BCUT2D eigenvalue weighted by molar-refractivity contribution is 5.51. The van der Waals surface area contributed by atoms with Crippen LogP contribution in [0.25, 0.3) is 5.82 Å². The van der Waals surface area contributed by atoms with Gasteiger partial charge in [-0.05, 0) is 13.0 Å². The number of nitriles is 1. The highest BCUT2D eigenvalue weighted by atomic mass is 16.5. The zero-order valence-corrected chi connectivity index (χ0v) is 13.8. The molecule has 0 bridgehead atoms. The lowest BCUT2D eigenvalue weighted by atomic mass is 10.0. The van der Waals surface area contributed by atoms with Gasteiger partial charge in [0.15, 0.2) is 0 Å². The molecule has 6 nitrogen and oxygen atoms in total. The smallest absolute Gasteiger partial charge is 0.141 e. The van der Waals surface area contributed by atoms with Crippen molar-refractivity contribution in [1.82, 2.24) is 14.5 Å². The highest BCUT2D eigenvalue weighted by Crippen LogP contribution is 2.21. The molecule has 2 heterocycles. The molecule has 25 heavy (non-hydrogen) atoms. The van der Waals surface area contributed by atoms with Crippen molar-refractivity contribution in [2.24, 2.45) is 0 Å². The maximum atomic E-state index is 9.12. The van der Waals surface area contributed by atoms with Crippen molar-refractivity contribution in [3.63, 3.8) is 0 Å². The van der Waals surface area contributed by atoms with E-state index in [4.69, 9.17) is 14.7 Å². The fourth-order valence-electron chi connectivity index (χ4n) is 2.34. The number of ether oxygens (including phenoxy) is 2. The van der Waals surface area contributed by atoms with Crippen molar-refractivity contribution in [3.8, 4) is 17.6 Å². The van der Waals surface area contributed by atoms with Gasteiger partial charge in [-0.3, -0.25) is 4.57 Å². The van der Waals surface area contributed by atoms with Crippen LogP contribution >= 0.6 is 0 Å². The molecule has 0 aromatic carbocycles. The van der Waals surface area contributed by atoms with Gasteiger partial charge in [-0.2, -0.15) is 17.4 Å². The lowest BCUT2D eigenvalue weighted by Gasteiger charge is -2.20. The predicted molar refractivity (Wildman–Crippen MR) is 92.8 cm³/mol. The highest BCUT2D eigenvalue weighted by Gasteiger charge is 2.06. The average Bonchev–Trinajstić information content (AvgIpc) is 3.06. The van der Waals surface area contributed by atoms with E-state index in [1.54, 1.807) is 37.0 Å². The summed E-state index contributed by atoms with van der Waals surface area (Å²) in [5, 5.41) is 9.12. The van der Waals surface area contributed by atoms with E-state index in [-0.39, 0.29) is 0 Å². The molecule has 2 aromatic rings. The summed E-state index contributed by atoms with van der Waals surface area (Å²) in [6.07, 6.45) is 10.5. The van der Waals surface area contributed by atoms with E-state index in [1.807, 2.05) is 23.8 Å². The molecular weight excluding hydrogens is 316 g/mol. The molecule has 0 aliphatic heterocycles. The quantitative estimate of drug-likeness (QED) is 0.600. The number of imidazole rings is 1. The zero-order valence-electron chi connectivity index (χ0n) is 13.8. The van der Waals surface area contributed by atoms with Crippen LogP contribution in [0.1, 0.15) is 5.82 Å². The molecule has 0 N–H and O–H groups in total. The summed E-state index contributed by atoms with van der Waals surface area (Å²) in [4.78, 5) is 8.50. The fraction of sp³-hybridized carbons (Fsp3) is 0.158. The standard InChI is InChI=1S/C19H17N4O2/c1-14-3-4-18(16(11-14)13-20)25-10-9-24-17-5-6-22-19(12-17)23-8-7-21-15(23)2/h3-8,11-12H,1,9-10H2,2H3/q-1. The van der Waals surface area contributed by atoms with E-state index in [9.17, 15) is 0 Å². The number of aryl methyl sites for hydroxylation is 1. The number of pyridine rings is 1. The maximum absolute atomic E-state index is 9.12. The topological polar surface area (TPSA) is 73.0 Å². The van der Waals surface area contributed by atoms with Gasteiger partial charge in [0.1, 0.15) is 30.6 Å². The summed E-state index contributed by atoms with van der Waals surface area (Å²) < 4.78 is 13.2. The van der Waals surface area contributed by atoms with Crippen molar-refractivity contribution >= 4 is 0 Å². The van der Waals surface area contributed by atoms with Gasteiger partial charge in [0, 0.05) is 30.2 Å². The van der Waals surface area contributed by atoms with Crippen molar-refractivity contribution in [2.45, 2.75) is 6.92 Å². The van der Waals surface area contributed by atoms with Gasteiger partial charge in [-0.1, -0.05) is 0 Å². The van der Waals surface area contributed by atoms with Gasteiger partial charge < -0.3 is 9.47 Å². The first-order valence-corrected chi connectivity index (χ1v) is 7.75. The lowest BCUT2D eigenvalue weighted by Crippen LogP contribution is -2.09. The summed E-state index contributed by atoms with van der Waals surface area (Å²) in [6.45, 7) is 6.38. The molecule has 0 saturated carbocycles. The molecule has 6 heteroatoms. The average molecular weight is 333 g/mol. The van der Waals surface area contributed by atoms with E-state index < -0.39 is 0 Å². The van der Waals surface area contributed by atoms with Crippen molar-refractivity contribution < 1.29 is 9.47 Å². The van der Waals surface area contributed by atoms with Crippen LogP contribution in [0.4, 0.5) is 0 Å². The number of aromatic nitrogens is 3. The van der Waals surface area contributed by atoms with E-state index in [0.29, 0.717) is 30.3 Å².